The van der Waals surface area contributed by atoms with Crippen LogP contribution in [0.15, 0.2) is 48.5 Å². The molecular formula is C19H17Cl2N3. The van der Waals surface area contributed by atoms with E-state index >= 15 is 0 Å². The van der Waals surface area contributed by atoms with Crippen LogP contribution in [-0.4, -0.2) is 28.0 Å². The number of H-pyrrole nitrogens is 1. The molecule has 0 atom stereocenters. The summed E-state index contributed by atoms with van der Waals surface area (Å²) in [5.41, 5.74) is 4.50. The van der Waals surface area contributed by atoms with Gasteiger partial charge in [0.05, 0.1) is 11.0 Å². The highest BCUT2D eigenvalue weighted by atomic mass is 35.5. The molecule has 0 unspecified atom stereocenters. The van der Waals surface area contributed by atoms with Crippen LogP contribution in [-0.2, 0) is 6.54 Å². The number of aromatic nitrogens is 2. The number of hydrogen-bond acceptors (Lipinski definition) is 2. The summed E-state index contributed by atoms with van der Waals surface area (Å²) in [5.74, 6) is 0.957. The molecule has 1 aliphatic heterocycles. The molecule has 1 aromatic heterocycles. The van der Waals surface area contributed by atoms with Gasteiger partial charge in [0, 0.05) is 29.7 Å². The molecular weight excluding hydrogens is 341 g/mol. The summed E-state index contributed by atoms with van der Waals surface area (Å²) in [4.78, 5) is 10.5. The number of rotatable bonds is 3. The SMILES string of the molecule is Clc1ccc(CN2CC=C(c3nc4cc(Cl)ccc4[nH]3)CC2)cc1. The van der Waals surface area contributed by atoms with Gasteiger partial charge in [-0.2, -0.15) is 0 Å². The Morgan fingerprint density at radius 1 is 1.04 bits per heavy atom. The predicted molar refractivity (Wildman–Crippen MR) is 100 cm³/mol. The number of hydrogen-bond donors (Lipinski definition) is 1. The van der Waals surface area contributed by atoms with Crippen molar-refractivity contribution in [3.63, 3.8) is 0 Å². The molecule has 4 rings (SSSR count). The van der Waals surface area contributed by atoms with Gasteiger partial charge in [0.15, 0.2) is 0 Å². The Bertz CT molecular complexity index is 897. The normalized spacial score (nSPS) is 15.7. The first-order valence-electron chi connectivity index (χ1n) is 7.99. The van der Waals surface area contributed by atoms with Gasteiger partial charge in [-0.3, -0.25) is 4.90 Å². The average molecular weight is 358 g/mol. The number of halogens is 2. The Hall–Kier alpha value is -1.81. The third kappa shape index (κ3) is 3.34. The maximum Gasteiger partial charge on any atom is 0.134 e. The van der Waals surface area contributed by atoms with Crippen molar-refractivity contribution < 1.29 is 0 Å². The minimum absolute atomic E-state index is 0.715. The van der Waals surface area contributed by atoms with Gasteiger partial charge in [-0.25, -0.2) is 4.98 Å². The van der Waals surface area contributed by atoms with Crippen molar-refractivity contribution in [2.75, 3.05) is 13.1 Å². The zero-order valence-corrected chi connectivity index (χ0v) is 14.6. The Labute approximate surface area is 150 Å². The van der Waals surface area contributed by atoms with Gasteiger partial charge >= 0.3 is 0 Å². The molecule has 0 spiro atoms. The van der Waals surface area contributed by atoms with Crippen LogP contribution in [0.1, 0.15) is 17.8 Å². The van der Waals surface area contributed by atoms with Crippen molar-refractivity contribution in [1.82, 2.24) is 14.9 Å². The van der Waals surface area contributed by atoms with E-state index in [4.69, 9.17) is 23.2 Å². The number of nitrogens with one attached hydrogen (secondary N) is 1. The maximum absolute atomic E-state index is 6.04. The first-order chi connectivity index (χ1) is 11.7. The second-order valence-corrected chi connectivity index (χ2v) is 6.96. The fourth-order valence-corrected chi connectivity index (χ4v) is 3.34. The average Bonchev–Trinajstić information content (AvgIpc) is 3.01. The molecule has 2 aromatic carbocycles. The topological polar surface area (TPSA) is 31.9 Å². The minimum Gasteiger partial charge on any atom is -0.338 e. The van der Waals surface area contributed by atoms with Crippen LogP contribution in [0.4, 0.5) is 0 Å². The minimum atomic E-state index is 0.715. The quantitative estimate of drug-likeness (QED) is 0.701. The largest absolute Gasteiger partial charge is 0.338 e. The fraction of sp³-hybridized carbons (Fsp3) is 0.211. The van der Waals surface area contributed by atoms with Gasteiger partial charge in [0.1, 0.15) is 5.82 Å². The molecule has 3 aromatic rings. The third-order valence-electron chi connectivity index (χ3n) is 4.36. The van der Waals surface area contributed by atoms with Crippen molar-refractivity contribution in [2.24, 2.45) is 0 Å². The predicted octanol–water partition coefficient (Wildman–Crippen LogP) is 5.16. The van der Waals surface area contributed by atoms with E-state index in [0.717, 1.165) is 47.9 Å². The first kappa shape index (κ1) is 15.7. The van der Waals surface area contributed by atoms with Crippen LogP contribution in [0, 0.1) is 0 Å². The van der Waals surface area contributed by atoms with Crippen LogP contribution in [0.5, 0.6) is 0 Å². The Morgan fingerprint density at radius 3 is 2.58 bits per heavy atom. The number of aromatic amines is 1. The van der Waals surface area contributed by atoms with Gasteiger partial charge in [0.2, 0.25) is 0 Å². The molecule has 122 valence electrons. The molecule has 1 aliphatic rings. The lowest BCUT2D eigenvalue weighted by atomic mass is 10.1. The van der Waals surface area contributed by atoms with E-state index < -0.39 is 0 Å². The standard InChI is InChI=1S/C19H17Cl2N3/c20-15-3-1-13(2-4-15)12-24-9-7-14(8-10-24)19-22-17-6-5-16(21)11-18(17)23-19/h1-7,11H,8-10,12H2,(H,22,23). The Balaban J connectivity index is 1.48. The zero-order chi connectivity index (χ0) is 16.5. The molecule has 1 N–H and O–H groups in total. The summed E-state index contributed by atoms with van der Waals surface area (Å²) in [6, 6.07) is 13.8. The lowest BCUT2D eigenvalue weighted by molar-refractivity contribution is 0.293. The second-order valence-electron chi connectivity index (χ2n) is 6.09. The number of nitrogens with zero attached hydrogens (tertiary/aromatic N) is 2. The Morgan fingerprint density at radius 2 is 1.83 bits per heavy atom. The summed E-state index contributed by atoms with van der Waals surface area (Å²) >= 11 is 12.0. The van der Waals surface area contributed by atoms with Crippen molar-refractivity contribution in [2.45, 2.75) is 13.0 Å². The van der Waals surface area contributed by atoms with E-state index in [1.165, 1.54) is 11.1 Å². The van der Waals surface area contributed by atoms with Gasteiger partial charge in [0.25, 0.3) is 0 Å². The monoisotopic (exact) mass is 357 g/mol. The summed E-state index contributed by atoms with van der Waals surface area (Å²) < 4.78 is 0. The highest BCUT2D eigenvalue weighted by molar-refractivity contribution is 6.31. The molecule has 0 fully saturated rings. The van der Waals surface area contributed by atoms with Crippen molar-refractivity contribution in [1.29, 1.82) is 0 Å². The lowest BCUT2D eigenvalue weighted by Gasteiger charge is -2.25. The van der Waals surface area contributed by atoms with E-state index in [-0.39, 0.29) is 0 Å². The summed E-state index contributed by atoms with van der Waals surface area (Å²) in [6.07, 6.45) is 3.25. The number of benzene rings is 2. The molecule has 0 amide bonds. The lowest BCUT2D eigenvalue weighted by Crippen LogP contribution is -2.28. The fourth-order valence-electron chi connectivity index (χ4n) is 3.05. The molecule has 0 bridgehead atoms. The van der Waals surface area contributed by atoms with Gasteiger partial charge in [-0.1, -0.05) is 41.4 Å². The summed E-state index contributed by atoms with van der Waals surface area (Å²) in [5, 5.41) is 1.50. The van der Waals surface area contributed by atoms with E-state index in [2.05, 4.69) is 33.1 Å². The molecule has 0 saturated carbocycles. The highest BCUT2D eigenvalue weighted by Crippen LogP contribution is 2.25. The molecule has 0 radical (unpaired) electrons. The van der Waals surface area contributed by atoms with Crippen molar-refractivity contribution in [3.8, 4) is 0 Å². The first-order valence-corrected chi connectivity index (χ1v) is 8.74. The molecule has 3 nitrogen and oxygen atoms in total. The van der Waals surface area contributed by atoms with E-state index in [9.17, 15) is 0 Å². The van der Waals surface area contributed by atoms with Gasteiger partial charge in [-0.05, 0) is 47.9 Å². The summed E-state index contributed by atoms with van der Waals surface area (Å²) in [6.45, 7) is 2.89. The molecule has 2 heterocycles. The van der Waals surface area contributed by atoms with Crippen LogP contribution in [0.3, 0.4) is 0 Å². The van der Waals surface area contributed by atoms with E-state index in [0.29, 0.717) is 5.02 Å². The molecule has 5 heteroatoms. The molecule has 24 heavy (non-hydrogen) atoms. The van der Waals surface area contributed by atoms with Crippen molar-refractivity contribution >= 4 is 39.8 Å². The number of imidazole rings is 1. The summed E-state index contributed by atoms with van der Waals surface area (Å²) in [7, 11) is 0. The molecule has 0 aliphatic carbocycles. The smallest absolute Gasteiger partial charge is 0.134 e. The van der Waals surface area contributed by atoms with Gasteiger partial charge in [-0.15, -0.1) is 0 Å². The zero-order valence-electron chi connectivity index (χ0n) is 13.1. The Kier molecular flexibility index (Phi) is 4.31. The molecule has 0 saturated heterocycles. The van der Waals surface area contributed by atoms with Crippen LogP contribution in [0.2, 0.25) is 10.0 Å². The van der Waals surface area contributed by atoms with Crippen LogP contribution >= 0.6 is 23.2 Å². The highest BCUT2D eigenvalue weighted by Gasteiger charge is 2.16. The van der Waals surface area contributed by atoms with Gasteiger partial charge < -0.3 is 4.98 Å². The number of fused-ring (bicyclic) bond motifs is 1. The van der Waals surface area contributed by atoms with Crippen LogP contribution < -0.4 is 0 Å². The van der Waals surface area contributed by atoms with Crippen molar-refractivity contribution in [3.05, 3.63) is 70.0 Å². The second kappa shape index (κ2) is 6.60. The third-order valence-corrected chi connectivity index (χ3v) is 4.85. The van der Waals surface area contributed by atoms with E-state index in [1.54, 1.807) is 0 Å². The maximum atomic E-state index is 6.04. The van der Waals surface area contributed by atoms with Crippen LogP contribution in [0.25, 0.3) is 16.6 Å². The van der Waals surface area contributed by atoms with E-state index in [1.807, 2.05) is 30.3 Å².